The lowest BCUT2D eigenvalue weighted by molar-refractivity contribution is 0.0965. The van der Waals surface area contributed by atoms with Crippen molar-refractivity contribution >= 4 is 17.5 Å². The molecule has 0 radical (unpaired) electrons. The summed E-state index contributed by atoms with van der Waals surface area (Å²) in [7, 11) is 1.33. The molecule has 0 atom stereocenters. The van der Waals surface area contributed by atoms with Crippen molar-refractivity contribution in [1.82, 2.24) is 4.98 Å². The van der Waals surface area contributed by atoms with E-state index in [1.807, 2.05) is 24.3 Å². The Morgan fingerprint density at radius 1 is 0.970 bits per heavy atom. The Morgan fingerprint density at radius 3 is 2.67 bits per heavy atom. The molecule has 168 valence electrons. The van der Waals surface area contributed by atoms with E-state index in [2.05, 4.69) is 40.6 Å². The molecular formula is C27H26N2O4. The summed E-state index contributed by atoms with van der Waals surface area (Å²) in [5.41, 5.74) is 7.22. The van der Waals surface area contributed by atoms with Crippen LogP contribution in [0.15, 0.2) is 66.6 Å². The van der Waals surface area contributed by atoms with Crippen LogP contribution in [0.1, 0.15) is 34.2 Å². The Hall–Kier alpha value is -3.80. The minimum atomic E-state index is -0.669. The summed E-state index contributed by atoms with van der Waals surface area (Å²) in [4.78, 5) is 16.0. The molecule has 2 aliphatic carbocycles. The van der Waals surface area contributed by atoms with Gasteiger partial charge in [-0.15, -0.1) is 0 Å². The van der Waals surface area contributed by atoms with Crippen molar-refractivity contribution in [1.29, 1.82) is 0 Å². The highest BCUT2D eigenvalue weighted by Crippen LogP contribution is 2.42. The number of fused-ring (bicyclic) bond motifs is 1. The van der Waals surface area contributed by atoms with E-state index >= 15 is 0 Å². The number of pyridine rings is 1. The Labute approximate surface area is 193 Å². The number of carbonyl (C=O) groups is 1. The predicted molar refractivity (Wildman–Crippen MR) is 126 cm³/mol. The zero-order chi connectivity index (χ0) is 22.6. The number of methoxy groups -OCH3 is 1. The van der Waals surface area contributed by atoms with E-state index in [1.54, 1.807) is 6.20 Å². The number of nitrogens with one attached hydrogen (secondary N) is 1. The number of carbonyl (C=O) groups excluding carboxylic acids is 1. The molecule has 5 rings (SSSR count). The number of rotatable bonds is 7. The Bertz CT molecular complexity index is 1200. The number of benzene rings is 2. The first-order chi connectivity index (χ1) is 16.2. The molecule has 3 aromatic rings. The topological polar surface area (TPSA) is 69.7 Å². The van der Waals surface area contributed by atoms with Crippen molar-refractivity contribution in [2.75, 3.05) is 25.6 Å². The van der Waals surface area contributed by atoms with E-state index in [9.17, 15) is 4.79 Å². The normalized spacial score (nSPS) is 13.6. The van der Waals surface area contributed by atoms with E-state index < -0.39 is 6.16 Å². The van der Waals surface area contributed by atoms with Crippen LogP contribution in [0.3, 0.4) is 0 Å². The largest absolute Gasteiger partial charge is 0.513 e. The smallest absolute Gasteiger partial charge is 0.494 e. The summed E-state index contributed by atoms with van der Waals surface area (Å²) >= 11 is 0. The van der Waals surface area contributed by atoms with Gasteiger partial charge >= 0.3 is 6.16 Å². The van der Waals surface area contributed by atoms with Crippen molar-refractivity contribution in [3.63, 3.8) is 0 Å². The van der Waals surface area contributed by atoms with Gasteiger partial charge in [-0.3, -0.25) is 0 Å². The molecule has 0 unspecified atom stereocenters. The summed E-state index contributed by atoms with van der Waals surface area (Å²) in [6, 6.07) is 18.5. The van der Waals surface area contributed by atoms with Crippen molar-refractivity contribution < 1.29 is 19.0 Å². The maximum Gasteiger partial charge on any atom is 0.513 e. The van der Waals surface area contributed by atoms with Gasteiger partial charge in [-0.1, -0.05) is 30.3 Å². The second-order valence-electron chi connectivity index (χ2n) is 8.21. The maximum atomic E-state index is 11.8. The number of hydrogen-bond acceptors (Lipinski definition) is 6. The van der Waals surface area contributed by atoms with Crippen LogP contribution < -0.4 is 10.1 Å². The van der Waals surface area contributed by atoms with Gasteiger partial charge in [0.25, 0.3) is 0 Å². The fraction of sp³-hybridized carbons (Fsp3) is 0.259. The first-order valence-corrected chi connectivity index (χ1v) is 11.2. The van der Waals surface area contributed by atoms with E-state index in [4.69, 9.17) is 14.2 Å². The Balaban J connectivity index is 1.29. The van der Waals surface area contributed by atoms with E-state index in [-0.39, 0.29) is 0 Å². The fourth-order valence-corrected chi connectivity index (χ4v) is 4.55. The molecule has 1 heterocycles. The van der Waals surface area contributed by atoms with E-state index in [0.29, 0.717) is 18.8 Å². The average molecular weight is 443 g/mol. The summed E-state index contributed by atoms with van der Waals surface area (Å²) in [5, 5.41) is 3.30. The van der Waals surface area contributed by atoms with Crippen LogP contribution in [-0.4, -0.2) is 31.4 Å². The summed E-state index contributed by atoms with van der Waals surface area (Å²) in [6.07, 6.45) is 4.15. The van der Waals surface area contributed by atoms with Gasteiger partial charge in [-0.2, -0.15) is 0 Å². The third kappa shape index (κ3) is 4.55. The second-order valence-corrected chi connectivity index (χ2v) is 8.21. The maximum absolute atomic E-state index is 11.8. The molecule has 0 bridgehead atoms. The summed E-state index contributed by atoms with van der Waals surface area (Å²) in [6.45, 7) is 1.43. The van der Waals surface area contributed by atoms with Crippen LogP contribution >= 0.6 is 0 Å². The van der Waals surface area contributed by atoms with Gasteiger partial charge in [0.15, 0.2) is 0 Å². The molecule has 0 spiro atoms. The van der Waals surface area contributed by atoms with Gasteiger partial charge in [0.1, 0.15) is 17.3 Å². The molecule has 0 saturated carbocycles. The highest BCUT2D eigenvalue weighted by molar-refractivity contribution is 5.82. The molecule has 6 heteroatoms. The molecule has 6 nitrogen and oxygen atoms in total. The van der Waals surface area contributed by atoms with Crippen molar-refractivity contribution in [3.05, 3.63) is 94.4 Å². The summed E-state index contributed by atoms with van der Waals surface area (Å²) < 4.78 is 16.3. The van der Waals surface area contributed by atoms with Crippen LogP contribution in [0, 0.1) is 0 Å². The molecule has 33 heavy (non-hydrogen) atoms. The van der Waals surface area contributed by atoms with Gasteiger partial charge in [0.2, 0.25) is 0 Å². The fourth-order valence-electron chi connectivity index (χ4n) is 4.55. The predicted octanol–water partition coefficient (Wildman–Crippen LogP) is 5.16. The minimum absolute atomic E-state index is 0.622. The van der Waals surface area contributed by atoms with E-state index in [1.165, 1.54) is 34.9 Å². The zero-order valence-corrected chi connectivity index (χ0v) is 18.6. The molecule has 0 saturated heterocycles. The SMILES string of the molecule is COC(=O)OC1=C2Cc3ccc(OCCCNc4ccccn4)cc3Cc3cccc(c32)C1. The molecule has 0 fully saturated rings. The average Bonchev–Trinajstić information content (AvgIpc) is 3.08. The summed E-state index contributed by atoms with van der Waals surface area (Å²) in [5.74, 6) is 2.44. The highest BCUT2D eigenvalue weighted by atomic mass is 16.7. The number of allylic oxidation sites excluding steroid dienone is 2. The van der Waals surface area contributed by atoms with Crippen LogP contribution in [-0.2, 0) is 28.7 Å². The second kappa shape index (κ2) is 9.36. The number of aromatic nitrogens is 1. The van der Waals surface area contributed by atoms with Crippen molar-refractivity contribution in [2.45, 2.75) is 25.7 Å². The highest BCUT2D eigenvalue weighted by Gasteiger charge is 2.30. The van der Waals surface area contributed by atoms with Crippen LogP contribution in [0.5, 0.6) is 5.75 Å². The van der Waals surface area contributed by atoms with Crippen LogP contribution in [0.2, 0.25) is 0 Å². The molecule has 0 aliphatic heterocycles. The van der Waals surface area contributed by atoms with E-state index in [0.717, 1.165) is 42.9 Å². The number of anilines is 1. The van der Waals surface area contributed by atoms with Gasteiger partial charge in [-0.05, 0) is 64.9 Å². The Morgan fingerprint density at radius 2 is 1.85 bits per heavy atom. The first kappa shape index (κ1) is 21.1. The van der Waals surface area contributed by atoms with Crippen molar-refractivity contribution in [3.8, 4) is 5.75 Å². The Kier molecular flexibility index (Phi) is 5.98. The van der Waals surface area contributed by atoms with Crippen LogP contribution in [0.25, 0.3) is 5.57 Å². The molecule has 2 aromatic carbocycles. The third-order valence-electron chi connectivity index (χ3n) is 6.09. The van der Waals surface area contributed by atoms with Crippen LogP contribution in [0.4, 0.5) is 10.6 Å². The molecule has 0 amide bonds. The quantitative estimate of drug-likeness (QED) is 0.403. The number of ether oxygens (including phenoxy) is 3. The third-order valence-corrected chi connectivity index (χ3v) is 6.09. The lowest BCUT2D eigenvalue weighted by Gasteiger charge is -2.12. The molecule has 1 N–H and O–H groups in total. The zero-order valence-electron chi connectivity index (χ0n) is 18.6. The number of hydrogen-bond donors (Lipinski definition) is 1. The molecule has 2 aliphatic rings. The van der Waals surface area contributed by atoms with Crippen molar-refractivity contribution in [2.24, 2.45) is 0 Å². The molecular weight excluding hydrogens is 416 g/mol. The minimum Gasteiger partial charge on any atom is -0.494 e. The van der Waals surface area contributed by atoms with Gasteiger partial charge in [-0.25, -0.2) is 9.78 Å². The molecule has 1 aromatic heterocycles. The number of nitrogens with zero attached hydrogens (tertiary/aromatic N) is 1. The first-order valence-electron chi connectivity index (χ1n) is 11.2. The standard InChI is InChI=1S/C27H26N2O4/c1-31-27(30)33-24-17-20-7-4-6-19-14-21-15-22(10-9-18(21)16-23(24)26(19)20)32-13-5-12-29-25-8-2-3-11-28-25/h2-4,6-11,15H,5,12-14,16-17H2,1H3,(H,28,29). The van der Waals surface area contributed by atoms with Gasteiger partial charge in [0, 0.05) is 31.2 Å². The monoisotopic (exact) mass is 442 g/mol. The lowest BCUT2D eigenvalue weighted by atomic mass is 9.97. The van der Waals surface area contributed by atoms with Gasteiger partial charge in [0.05, 0.1) is 13.7 Å². The van der Waals surface area contributed by atoms with Gasteiger partial charge < -0.3 is 19.5 Å². The lowest BCUT2D eigenvalue weighted by Crippen LogP contribution is -2.08.